The van der Waals surface area contributed by atoms with Gasteiger partial charge in [0.25, 0.3) is 0 Å². The fraction of sp³-hybridized carbons (Fsp3) is 0. The van der Waals surface area contributed by atoms with Crippen LogP contribution in [0.5, 0.6) is 0 Å². The quantitative estimate of drug-likeness (QED) is 0.245. The predicted molar refractivity (Wildman–Crippen MR) is 22.5 cm³/mol. The third-order valence-electron chi connectivity index (χ3n) is 0. The molecule has 0 aliphatic rings. The summed E-state index contributed by atoms with van der Waals surface area (Å²) >= 11 is 0. The average Bonchev–Trinajstić information content (AvgIpc) is 2.03. The van der Waals surface area contributed by atoms with Gasteiger partial charge in [-0.15, -0.1) is 0 Å². The Morgan fingerprint density at radius 1 is 0.462 bits per heavy atom. The van der Waals surface area contributed by atoms with Gasteiger partial charge in [0.2, 0.25) is 0 Å². The maximum atomic E-state index is 7.00. The predicted octanol–water partition coefficient (Wildman–Crippen LogP) is -8.26. The van der Waals surface area contributed by atoms with E-state index in [2.05, 4.69) is 0 Å². The van der Waals surface area contributed by atoms with Gasteiger partial charge >= 0.3 is 113 Å². The SMILES string of the molecule is OO.[Ca+2].[Ca+2].[Ca+2].[O-][O-].[O-][O-].[O-][O-].[V].[V]. The van der Waals surface area contributed by atoms with E-state index in [-0.39, 0.29) is 150 Å². The molecule has 0 unspecified atom stereocenters. The molecule has 0 aromatic heterocycles. The molecule has 0 aliphatic carbocycles. The van der Waals surface area contributed by atoms with E-state index in [1.807, 2.05) is 0 Å². The van der Waals surface area contributed by atoms with Crippen molar-refractivity contribution in [1.82, 2.24) is 0 Å². The Bertz CT molecular complexity index is 17.4. The van der Waals surface area contributed by atoms with Crippen LogP contribution < -0.4 is 31.5 Å². The molecule has 0 rings (SSSR count). The van der Waals surface area contributed by atoms with Crippen molar-refractivity contribution in [3.63, 3.8) is 0 Å². The summed E-state index contributed by atoms with van der Waals surface area (Å²) < 4.78 is 0. The monoisotopic (exact) mass is 352 g/mol. The standard InChI is InChI=1S/3Ca.H2O2.3O2.2V/c;;;4*1-2;;/h;;;1-2H;;;;;/q3*+2;;3*-2;;. The van der Waals surface area contributed by atoms with Crippen molar-refractivity contribution in [3.8, 4) is 0 Å². The molecule has 66 valence electrons. The van der Waals surface area contributed by atoms with Gasteiger partial charge in [0.15, 0.2) is 0 Å². The van der Waals surface area contributed by atoms with Gasteiger partial charge in [-0.3, -0.25) is 10.5 Å². The molecule has 0 saturated carbocycles. The van der Waals surface area contributed by atoms with Crippen LogP contribution in [0.25, 0.3) is 0 Å². The Morgan fingerprint density at radius 3 is 0.462 bits per heavy atom. The second-order valence-electron chi connectivity index (χ2n) is 0. The molecule has 0 amide bonds. The van der Waals surface area contributed by atoms with Crippen LogP contribution in [-0.4, -0.2) is 124 Å². The van der Waals surface area contributed by atoms with Crippen LogP contribution in [0.2, 0.25) is 0 Å². The molecule has 0 atom stereocenters. The molecular weight excluding hydrogens is 350 g/mol. The van der Waals surface area contributed by atoms with Crippen molar-refractivity contribution >= 4 is 113 Å². The van der Waals surface area contributed by atoms with Gasteiger partial charge in [0, 0.05) is 37.1 Å². The van der Waals surface area contributed by atoms with E-state index in [0.29, 0.717) is 0 Å². The minimum atomic E-state index is 0. The first kappa shape index (κ1) is 65.5. The molecule has 8 nitrogen and oxygen atoms in total. The van der Waals surface area contributed by atoms with E-state index in [0.717, 1.165) is 0 Å². The van der Waals surface area contributed by atoms with Crippen LogP contribution in [0.4, 0.5) is 0 Å². The molecule has 0 fully saturated rings. The van der Waals surface area contributed by atoms with Crippen LogP contribution in [-0.2, 0) is 37.1 Å². The molecule has 0 heterocycles. The smallest absolute Gasteiger partial charge is 1.00 e. The van der Waals surface area contributed by atoms with Crippen molar-refractivity contribution in [2.24, 2.45) is 0 Å². The van der Waals surface area contributed by atoms with Gasteiger partial charge in [0.05, 0.1) is 0 Å². The normalized spacial score (nSPS) is 1.85. The fourth-order valence-electron chi connectivity index (χ4n) is 0. The van der Waals surface area contributed by atoms with Gasteiger partial charge < -0.3 is 31.5 Å². The van der Waals surface area contributed by atoms with Gasteiger partial charge in [-0.2, -0.15) is 0 Å². The summed E-state index contributed by atoms with van der Waals surface area (Å²) in [6.07, 6.45) is 0. The minimum Gasteiger partial charge on any atom is -1.00 e. The molecule has 0 spiro atoms. The Labute approximate surface area is 188 Å². The molecule has 13 heavy (non-hydrogen) atoms. The van der Waals surface area contributed by atoms with E-state index >= 15 is 0 Å². The van der Waals surface area contributed by atoms with Gasteiger partial charge in [0.1, 0.15) is 0 Å². The molecule has 2 radical (unpaired) electrons. The first-order chi connectivity index (χ1) is 4.00. The second kappa shape index (κ2) is 190. The number of rotatable bonds is 0. The zero-order valence-electron chi connectivity index (χ0n) is 6.36. The third-order valence-corrected chi connectivity index (χ3v) is 0. The van der Waals surface area contributed by atoms with Crippen molar-refractivity contribution in [3.05, 3.63) is 0 Å². The van der Waals surface area contributed by atoms with E-state index < -0.39 is 0 Å². The van der Waals surface area contributed by atoms with Gasteiger partial charge in [-0.25, -0.2) is 0 Å². The largest absolute Gasteiger partial charge is 2.00 e. The molecule has 0 aromatic carbocycles. The molecule has 0 saturated heterocycles. The van der Waals surface area contributed by atoms with Gasteiger partial charge in [-0.05, 0) is 0 Å². The maximum absolute atomic E-state index is 7.00. The van der Waals surface area contributed by atoms with Crippen LogP contribution in [0.3, 0.4) is 0 Å². The summed E-state index contributed by atoms with van der Waals surface area (Å²) in [6.45, 7) is 0. The summed E-state index contributed by atoms with van der Waals surface area (Å²) in [5, 5.41) is 54.0. The van der Waals surface area contributed by atoms with E-state index in [9.17, 15) is 0 Å². The van der Waals surface area contributed by atoms with Crippen LogP contribution >= 0.6 is 0 Å². The molecule has 13 heteroatoms. The molecule has 0 aromatic rings. The zero-order chi connectivity index (χ0) is 8.00. The van der Waals surface area contributed by atoms with E-state index in [1.54, 1.807) is 0 Å². The number of hydrogen-bond acceptors (Lipinski definition) is 8. The maximum Gasteiger partial charge on any atom is 2.00 e. The van der Waals surface area contributed by atoms with Crippen molar-refractivity contribution in [2.75, 3.05) is 0 Å². The number of hydrogen-bond donors (Lipinski definition) is 2. The fourth-order valence-corrected chi connectivity index (χ4v) is 0. The summed E-state index contributed by atoms with van der Waals surface area (Å²) in [5.74, 6) is 0. The average molecular weight is 352 g/mol. The molecular formula is H2Ca3O8V2. The molecule has 0 aliphatic heterocycles. The first-order valence-electron chi connectivity index (χ1n) is 0.700. The zero-order valence-corrected chi connectivity index (χ0v) is 15.8. The Morgan fingerprint density at radius 2 is 0.462 bits per heavy atom. The van der Waals surface area contributed by atoms with Crippen LogP contribution in [0.15, 0.2) is 0 Å². The Balaban J connectivity index is -0.00000000208. The Kier molecular flexibility index (Phi) is 955. The molecule has 0 bridgehead atoms. The van der Waals surface area contributed by atoms with Crippen LogP contribution in [0.1, 0.15) is 0 Å². The van der Waals surface area contributed by atoms with Crippen LogP contribution in [0, 0.1) is 0 Å². The third kappa shape index (κ3) is 166. The summed E-state index contributed by atoms with van der Waals surface area (Å²) in [7, 11) is 0. The summed E-state index contributed by atoms with van der Waals surface area (Å²) in [4.78, 5) is 0. The molecule has 2 N–H and O–H groups in total. The first-order valence-corrected chi connectivity index (χ1v) is 0.700. The van der Waals surface area contributed by atoms with Crippen molar-refractivity contribution in [1.29, 1.82) is 0 Å². The summed E-state index contributed by atoms with van der Waals surface area (Å²) in [5.41, 5.74) is 0. The van der Waals surface area contributed by atoms with E-state index in [1.165, 1.54) is 0 Å². The van der Waals surface area contributed by atoms with Gasteiger partial charge in [-0.1, -0.05) is 0 Å². The minimum absolute atomic E-state index is 0. The topological polar surface area (TPSA) is 179 Å². The Hall–Kier alpha value is 4.63. The summed E-state index contributed by atoms with van der Waals surface area (Å²) in [6, 6.07) is 0. The second-order valence-corrected chi connectivity index (χ2v) is 0. The van der Waals surface area contributed by atoms with Crippen molar-refractivity contribution < 1.29 is 79.2 Å². The van der Waals surface area contributed by atoms with E-state index in [4.69, 9.17) is 42.1 Å². The van der Waals surface area contributed by atoms with Crippen molar-refractivity contribution in [2.45, 2.75) is 0 Å².